The summed E-state index contributed by atoms with van der Waals surface area (Å²) < 4.78 is 27.5. The van der Waals surface area contributed by atoms with E-state index in [2.05, 4.69) is 0 Å². The molecule has 0 saturated heterocycles. The van der Waals surface area contributed by atoms with Crippen LogP contribution in [-0.2, 0) is 10.0 Å². The van der Waals surface area contributed by atoms with Crippen LogP contribution in [0.2, 0.25) is 0 Å². The van der Waals surface area contributed by atoms with Crippen molar-refractivity contribution in [3.63, 3.8) is 0 Å². The van der Waals surface area contributed by atoms with E-state index in [1.54, 1.807) is 61.5 Å². The van der Waals surface area contributed by atoms with Gasteiger partial charge in [0.1, 0.15) is 17.3 Å². The van der Waals surface area contributed by atoms with Crippen molar-refractivity contribution in [2.75, 3.05) is 14.1 Å². The predicted octanol–water partition coefficient (Wildman–Crippen LogP) is 3.03. The van der Waals surface area contributed by atoms with E-state index >= 15 is 0 Å². The van der Waals surface area contributed by atoms with E-state index in [0.29, 0.717) is 10.9 Å². The van der Waals surface area contributed by atoms with Gasteiger partial charge < -0.3 is 4.90 Å². The van der Waals surface area contributed by atoms with Gasteiger partial charge in [-0.05, 0) is 24.3 Å². The summed E-state index contributed by atoms with van der Waals surface area (Å²) >= 11 is 0. The summed E-state index contributed by atoms with van der Waals surface area (Å²) in [7, 11) is -0.660. The van der Waals surface area contributed by atoms with E-state index in [-0.39, 0.29) is 16.2 Å². The van der Waals surface area contributed by atoms with Gasteiger partial charge in [0.05, 0.1) is 10.4 Å². The van der Waals surface area contributed by atoms with Crippen molar-refractivity contribution in [2.24, 2.45) is 0 Å². The number of hydrogen-bond donors (Lipinski definition) is 0. The number of para-hydroxylation sites is 1. The smallest absolute Gasteiger partial charge is 0.268 e. The number of fused-ring (bicyclic) bond motifs is 1. The van der Waals surface area contributed by atoms with Crippen LogP contribution in [0, 0.1) is 11.3 Å². The highest BCUT2D eigenvalue weighted by Crippen LogP contribution is 2.27. The molecular weight excluding hydrogens is 362 g/mol. The minimum absolute atomic E-state index is 0.0653. The van der Waals surface area contributed by atoms with Gasteiger partial charge in [-0.15, -0.1) is 0 Å². The van der Waals surface area contributed by atoms with Gasteiger partial charge in [0, 0.05) is 25.7 Å². The van der Waals surface area contributed by atoms with Crippen molar-refractivity contribution in [2.45, 2.75) is 4.90 Å². The molecule has 136 valence electrons. The Hall–Kier alpha value is -3.37. The molecule has 2 aromatic carbocycles. The first-order chi connectivity index (χ1) is 12.9. The first-order valence-electron chi connectivity index (χ1n) is 8.10. The molecule has 27 heavy (non-hydrogen) atoms. The number of allylic oxidation sites excluding steroid dienone is 1. The van der Waals surface area contributed by atoms with Gasteiger partial charge in [0.15, 0.2) is 0 Å². The molecule has 7 heteroatoms. The van der Waals surface area contributed by atoms with Crippen LogP contribution >= 0.6 is 0 Å². The third-order valence-corrected chi connectivity index (χ3v) is 5.68. The second kappa shape index (κ2) is 7.09. The van der Waals surface area contributed by atoms with Gasteiger partial charge in [-0.25, -0.2) is 12.4 Å². The number of carbonyl (C=O) groups is 1. The Bertz CT molecular complexity index is 1180. The van der Waals surface area contributed by atoms with Crippen molar-refractivity contribution in [3.05, 3.63) is 78.1 Å². The van der Waals surface area contributed by atoms with Gasteiger partial charge in [0.2, 0.25) is 5.78 Å². The Balaban J connectivity index is 2.32. The summed E-state index contributed by atoms with van der Waals surface area (Å²) in [6.07, 6.45) is 1.37. The number of Topliss-reactive ketones (excluding diaryl/α,β-unsaturated/α-hetero) is 1. The van der Waals surface area contributed by atoms with E-state index < -0.39 is 15.8 Å². The molecule has 0 radical (unpaired) electrons. The van der Waals surface area contributed by atoms with Crippen LogP contribution in [0.4, 0.5) is 0 Å². The lowest BCUT2D eigenvalue weighted by Crippen LogP contribution is -2.20. The Morgan fingerprint density at radius 3 is 2.33 bits per heavy atom. The molecule has 0 amide bonds. The fourth-order valence-electron chi connectivity index (χ4n) is 2.78. The van der Waals surface area contributed by atoms with Gasteiger partial charge in [0.25, 0.3) is 10.0 Å². The number of carbonyl (C=O) groups excluding carboxylic acids is 1. The van der Waals surface area contributed by atoms with Crippen LogP contribution in [-0.4, -0.2) is 37.2 Å². The lowest BCUT2D eigenvalue weighted by molar-refractivity contribution is 0.103. The molecule has 0 aliphatic carbocycles. The van der Waals surface area contributed by atoms with Gasteiger partial charge in [-0.1, -0.05) is 36.4 Å². The number of hydrogen-bond acceptors (Lipinski definition) is 5. The number of nitrogens with zero attached hydrogens (tertiary/aromatic N) is 3. The molecule has 0 saturated carbocycles. The standard InChI is InChI=1S/C20H17N3O3S/c1-22(2)14-16(13-21)20(24)19-12-15-8-6-7-11-18(15)23(19)27(25,26)17-9-4-3-5-10-17/h3-12,14H,1-2H3. The van der Waals surface area contributed by atoms with Crippen LogP contribution in [0.5, 0.6) is 0 Å². The molecule has 3 aromatic rings. The van der Waals surface area contributed by atoms with Gasteiger partial charge in [-0.3, -0.25) is 4.79 Å². The molecule has 1 aromatic heterocycles. The Morgan fingerprint density at radius 1 is 1.07 bits per heavy atom. The Morgan fingerprint density at radius 2 is 1.70 bits per heavy atom. The van der Waals surface area contributed by atoms with Crippen molar-refractivity contribution < 1.29 is 13.2 Å². The molecule has 3 rings (SSSR count). The molecule has 0 spiro atoms. The van der Waals surface area contributed by atoms with Crippen molar-refractivity contribution in [3.8, 4) is 6.07 Å². The normalized spacial score (nSPS) is 12.0. The average molecular weight is 379 g/mol. The third-order valence-electron chi connectivity index (χ3n) is 3.93. The molecule has 0 fully saturated rings. The second-order valence-corrected chi connectivity index (χ2v) is 7.90. The van der Waals surface area contributed by atoms with Crippen LogP contribution in [0.3, 0.4) is 0 Å². The zero-order valence-corrected chi connectivity index (χ0v) is 15.6. The zero-order valence-electron chi connectivity index (χ0n) is 14.8. The van der Waals surface area contributed by atoms with Gasteiger partial charge in [-0.2, -0.15) is 5.26 Å². The highest BCUT2D eigenvalue weighted by atomic mass is 32.2. The number of nitriles is 1. The highest BCUT2D eigenvalue weighted by Gasteiger charge is 2.27. The molecule has 6 nitrogen and oxygen atoms in total. The van der Waals surface area contributed by atoms with Crippen molar-refractivity contribution in [1.82, 2.24) is 8.87 Å². The van der Waals surface area contributed by atoms with E-state index in [1.165, 1.54) is 24.4 Å². The maximum Gasteiger partial charge on any atom is 0.268 e. The van der Waals surface area contributed by atoms with E-state index in [0.717, 1.165) is 3.97 Å². The summed E-state index contributed by atoms with van der Waals surface area (Å²) in [5, 5.41) is 9.97. The van der Waals surface area contributed by atoms with Crippen LogP contribution in [0.1, 0.15) is 10.5 Å². The minimum Gasteiger partial charge on any atom is -0.382 e. The average Bonchev–Trinajstić information content (AvgIpc) is 3.06. The molecule has 0 atom stereocenters. The topological polar surface area (TPSA) is 83.2 Å². The molecule has 0 bridgehead atoms. The van der Waals surface area contributed by atoms with Crippen molar-refractivity contribution >= 4 is 26.7 Å². The molecule has 0 N–H and O–H groups in total. The quantitative estimate of drug-likeness (QED) is 0.387. The lowest BCUT2D eigenvalue weighted by Gasteiger charge is -2.12. The predicted molar refractivity (Wildman–Crippen MR) is 103 cm³/mol. The van der Waals surface area contributed by atoms with E-state index in [1.807, 2.05) is 6.07 Å². The molecule has 0 aliphatic heterocycles. The van der Waals surface area contributed by atoms with Crippen LogP contribution in [0.25, 0.3) is 10.9 Å². The highest BCUT2D eigenvalue weighted by molar-refractivity contribution is 7.90. The first-order valence-corrected chi connectivity index (χ1v) is 9.54. The fraction of sp³-hybridized carbons (Fsp3) is 0.100. The molecule has 0 unspecified atom stereocenters. The molecule has 0 aliphatic rings. The summed E-state index contributed by atoms with van der Waals surface area (Å²) in [6, 6.07) is 18.1. The summed E-state index contributed by atoms with van der Waals surface area (Å²) in [5.41, 5.74) is 0.161. The number of aromatic nitrogens is 1. The minimum atomic E-state index is -4.02. The fourth-order valence-corrected chi connectivity index (χ4v) is 4.31. The second-order valence-electron chi connectivity index (χ2n) is 6.12. The van der Waals surface area contributed by atoms with Crippen LogP contribution < -0.4 is 0 Å². The number of rotatable bonds is 5. The summed E-state index contributed by atoms with van der Waals surface area (Å²) in [4.78, 5) is 14.6. The number of benzene rings is 2. The summed E-state index contributed by atoms with van der Waals surface area (Å²) in [5.74, 6) is -0.651. The van der Waals surface area contributed by atoms with E-state index in [4.69, 9.17) is 0 Å². The maximum absolute atomic E-state index is 13.3. The first kappa shape index (κ1) is 18.4. The zero-order chi connectivity index (χ0) is 19.6. The van der Waals surface area contributed by atoms with Gasteiger partial charge >= 0.3 is 0 Å². The SMILES string of the molecule is CN(C)C=C(C#N)C(=O)c1cc2ccccc2n1S(=O)(=O)c1ccccc1. The van der Waals surface area contributed by atoms with Crippen molar-refractivity contribution in [1.29, 1.82) is 5.26 Å². The molecular formula is C20H17N3O3S. The maximum atomic E-state index is 13.3. The monoisotopic (exact) mass is 379 g/mol. The summed E-state index contributed by atoms with van der Waals surface area (Å²) in [6.45, 7) is 0. The molecule has 1 heterocycles. The Kier molecular flexibility index (Phi) is 4.84. The van der Waals surface area contributed by atoms with E-state index in [9.17, 15) is 18.5 Å². The Labute approximate surface area is 157 Å². The van der Waals surface area contributed by atoms with Crippen LogP contribution in [0.15, 0.2) is 77.3 Å². The lowest BCUT2D eigenvalue weighted by atomic mass is 10.1. The number of ketones is 1. The largest absolute Gasteiger partial charge is 0.382 e. The third kappa shape index (κ3) is 3.35.